The van der Waals surface area contributed by atoms with E-state index >= 15 is 0 Å². The van der Waals surface area contributed by atoms with Gasteiger partial charge in [0, 0.05) is 15.2 Å². The number of halogens is 3. The highest BCUT2D eigenvalue weighted by Crippen LogP contribution is 2.41. The highest BCUT2D eigenvalue weighted by Gasteiger charge is 2.16. The van der Waals surface area contributed by atoms with Crippen molar-refractivity contribution < 1.29 is 0 Å². The third kappa shape index (κ3) is 2.30. The fourth-order valence-electron chi connectivity index (χ4n) is 2.21. The molecular formula is C14H9Br2ClN2S. The van der Waals surface area contributed by atoms with E-state index in [9.17, 15) is 0 Å². The first kappa shape index (κ1) is 14.4. The van der Waals surface area contributed by atoms with Crippen LogP contribution in [-0.4, -0.2) is 10.2 Å². The number of benzene rings is 1. The SMILES string of the molecule is Cc1ccc(C)c2c(-c3cc(Br)c(Br)s3)nnc(Cl)c12. The van der Waals surface area contributed by atoms with Crippen LogP contribution in [0.4, 0.5) is 0 Å². The largest absolute Gasteiger partial charge is 0.159 e. The zero-order valence-corrected chi connectivity index (χ0v) is 15.4. The van der Waals surface area contributed by atoms with Gasteiger partial charge in [-0.25, -0.2) is 0 Å². The van der Waals surface area contributed by atoms with Crippen molar-refractivity contribution in [1.29, 1.82) is 0 Å². The quantitative estimate of drug-likeness (QED) is 0.461. The maximum absolute atomic E-state index is 6.24. The third-order valence-electron chi connectivity index (χ3n) is 3.18. The van der Waals surface area contributed by atoms with Crippen molar-refractivity contribution in [2.75, 3.05) is 0 Å². The molecule has 0 unspecified atom stereocenters. The standard InChI is InChI=1S/C14H9Br2ClN2S/c1-6-3-4-7(2)11-10(6)12(18-19-14(11)17)9-5-8(15)13(16)20-9/h3-5H,1-2H3. The fourth-order valence-corrected chi connectivity index (χ4v) is 4.52. The smallest absolute Gasteiger partial charge is 0.147 e. The van der Waals surface area contributed by atoms with Crippen LogP contribution in [0, 0.1) is 13.8 Å². The molecule has 0 N–H and O–H groups in total. The molecule has 0 aliphatic heterocycles. The van der Waals surface area contributed by atoms with E-state index in [1.807, 2.05) is 13.0 Å². The number of thiophene rings is 1. The molecule has 102 valence electrons. The Kier molecular flexibility index (Phi) is 3.88. The number of nitrogens with zero attached hydrogens (tertiary/aromatic N) is 2. The molecule has 20 heavy (non-hydrogen) atoms. The molecule has 0 fully saturated rings. The van der Waals surface area contributed by atoms with E-state index in [0.717, 1.165) is 40.7 Å². The summed E-state index contributed by atoms with van der Waals surface area (Å²) < 4.78 is 2.07. The van der Waals surface area contributed by atoms with E-state index in [2.05, 4.69) is 61.1 Å². The summed E-state index contributed by atoms with van der Waals surface area (Å²) in [5.41, 5.74) is 3.14. The van der Waals surface area contributed by atoms with Crippen LogP contribution in [0.1, 0.15) is 11.1 Å². The number of rotatable bonds is 1. The zero-order chi connectivity index (χ0) is 14.4. The average molecular weight is 433 g/mol. The Morgan fingerprint density at radius 1 is 1.05 bits per heavy atom. The molecule has 0 aliphatic carbocycles. The van der Waals surface area contributed by atoms with Crippen LogP contribution in [0.2, 0.25) is 5.15 Å². The van der Waals surface area contributed by atoms with Gasteiger partial charge in [-0.1, -0.05) is 23.7 Å². The summed E-state index contributed by atoms with van der Waals surface area (Å²) in [6.45, 7) is 4.11. The molecule has 0 bridgehead atoms. The van der Waals surface area contributed by atoms with Crippen molar-refractivity contribution in [2.45, 2.75) is 13.8 Å². The predicted octanol–water partition coefficient (Wildman–Crippen LogP) is 6.15. The molecule has 1 aromatic carbocycles. The Morgan fingerprint density at radius 2 is 1.70 bits per heavy atom. The van der Waals surface area contributed by atoms with E-state index in [0.29, 0.717) is 5.15 Å². The Bertz CT molecular complexity index is 802. The third-order valence-corrected chi connectivity index (χ3v) is 6.71. The van der Waals surface area contributed by atoms with E-state index in [1.165, 1.54) is 0 Å². The lowest BCUT2D eigenvalue weighted by Crippen LogP contribution is -1.94. The lowest BCUT2D eigenvalue weighted by molar-refractivity contribution is 1.06. The molecule has 0 saturated heterocycles. The molecule has 3 aromatic rings. The van der Waals surface area contributed by atoms with Gasteiger partial charge in [-0.3, -0.25) is 0 Å². The fraction of sp³-hybridized carbons (Fsp3) is 0.143. The minimum Gasteiger partial charge on any atom is -0.147 e. The van der Waals surface area contributed by atoms with Gasteiger partial charge in [0.25, 0.3) is 0 Å². The summed E-state index contributed by atoms with van der Waals surface area (Å²) in [6, 6.07) is 6.21. The van der Waals surface area contributed by atoms with Gasteiger partial charge in [0.2, 0.25) is 0 Å². The van der Waals surface area contributed by atoms with Crippen LogP contribution < -0.4 is 0 Å². The first-order valence-electron chi connectivity index (χ1n) is 5.86. The van der Waals surface area contributed by atoms with E-state index in [4.69, 9.17) is 11.6 Å². The molecule has 0 aliphatic rings. The minimum atomic E-state index is 0.458. The number of fused-ring (bicyclic) bond motifs is 1. The molecule has 2 nitrogen and oxygen atoms in total. The second-order valence-electron chi connectivity index (χ2n) is 4.52. The van der Waals surface area contributed by atoms with Crippen molar-refractivity contribution in [3.63, 3.8) is 0 Å². The van der Waals surface area contributed by atoms with Crippen molar-refractivity contribution in [2.24, 2.45) is 0 Å². The normalized spacial score (nSPS) is 11.2. The van der Waals surface area contributed by atoms with E-state index < -0.39 is 0 Å². The highest BCUT2D eigenvalue weighted by molar-refractivity contribution is 9.13. The number of aromatic nitrogens is 2. The summed E-state index contributed by atoms with van der Waals surface area (Å²) in [7, 11) is 0. The summed E-state index contributed by atoms with van der Waals surface area (Å²) >= 11 is 14.9. The zero-order valence-electron chi connectivity index (χ0n) is 10.7. The van der Waals surface area contributed by atoms with Crippen LogP contribution >= 0.6 is 54.8 Å². The van der Waals surface area contributed by atoms with Crippen LogP contribution in [0.3, 0.4) is 0 Å². The summed E-state index contributed by atoms with van der Waals surface area (Å²) in [6.07, 6.45) is 0. The first-order valence-corrected chi connectivity index (χ1v) is 8.64. The highest BCUT2D eigenvalue weighted by atomic mass is 79.9. The van der Waals surface area contributed by atoms with Crippen molar-refractivity contribution >= 4 is 65.6 Å². The summed E-state index contributed by atoms with van der Waals surface area (Å²) in [5.74, 6) is 0. The first-order chi connectivity index (χ1) is 9.49. The molecule has 0 atom stereocenters. The van der Waals surface area contributed by atoms with Gasteiger partial charge in [0.15, 0.2) is 5.15 Å². The van der Waals surface area contributed by atoms with Gasteiger partial charge in [-0.2, -0.15) is 0 Å². The van der Waals surface area contributed by atoms with Crippen LogP contribution in [-0.2, 0) is 0 Å². The van der Waals surface area contributed by atoms with Gasteiger partial charge in [-0.05, 0) is 62.9 Å². The molecule has 2 aromatic heterocycles. The van der Waals surface area contributed by atoms with E-state index in [1.54, 1.807) is 11.3 Å². The maximum Gasteiger partial charge on any atom is 0.159 e. The van der Waals surface area contributed by atoms with Gasteiger partial charge in [0.05, 0.1) is 8.66 Å². The Hall–Kier alpha value is -0.490. The number of aryl methyl sites for hydroxylation is 2. The molecule has 3 rings (SSSR count). The summed E-state index contributed by atoms with van der Waals surface area (Å²) in [4.78, 5) is 1.06. The van der Waals surface area contributed by atoms with Gasteiger partial charge in [0.1, 0.15) is 5.69 Å². The Labute approximate surface area is 142 Å². The topological polar surface area (TPSA) is 25.8 Å². The van der Waals surface area contributed by atoms with Gasteiger partial charge >= 0.3 is 0 Å². The molecule has 0 saturated carbocycles. The molecular weight excluding hydrogens is 423 g/mol. The van der Waals surface area contributed by atoms with Crippen LogP contribution in [0.15, 0.2) is 26.5 Å². The molecule has 6 heteroatoms. The maximum atomic E-state index is 6.24. The van der Waals surface area contributed by atoms with Crippen molar-refractivity contribution in [3.8, 4) is 10.6 Å². The Morgan fingerprint density at radius 3 is 2.30 bits per heavy atom. The van der Waals surface area contributed by atoms with Crippen LogP contribution in [0.5, 0.6) is 0 Å². The average Bonchev–Trinajstić information content (AvgIpc) is 2.74. The lowest BCUT2D eigenvalue weighted by atomic mass is 10.0. The van der Waals surface area contributed by atoms with Gasteiger partial charge in [-0.15, -0.1) is 21.5 Å². The number of hydrogen-bond donors (Lipinski definition) is 0. The van der Waals surface area contributed by atoms with E-state index in [-0.39, 0.29) is 0 Å². The molecule has 0 spiro atoms. The minimum absolute atomic E-state index is 0.458. The second kappa shape index (κ2) is 5.37. The number of hydrogen-bond acceptors (Lipinski definition) is 3. The second-order valence-corrected chi connectivity index (χ2v) is 8.10. The van der Waals surface area contributed by atoms with Gasteiger partial charge < -0.3 is 0 Å². The van der Waals surface area contributed by atoms with Crippen molar-refractivity contribution in [3.05, 3.63) is 42.7 Å². The predicted molar refractivity (Wildman–Crippen MR) is 92.7 cm³/mol. The molecule has 0 radical (unpaired) electrons. The monoisotopic (exact) mass is 430 g/mol. The molecule has 2 heterocycles. The van der Waals surface area contributed by atoms with Crippen molar-refractivity contribution in [1.82, 2.24) is 10.2 Å². The molecule has 0 amide bonds. The van der Waals surface area contributed by atoms with Crippen LogP contribution in [0.25, 0.3) is 21.3 Å². The lowest BCUT2D eigenvalue weighted by Gasteiger charge is -2.10. The summed E-state index contributed by atoms with van der Waals surface area (Å²) in [5, 5.41) is 11.0. The Balaban J connectivity index is 2.43.